The summed E-state index contributed by atoms with van der Waals surface area (Å²) in [5.41, 5.74) is -2.53. The van der Waals surface area contributed by atoms with Crippen LogP contribution in [0.3, 0.4) is 0 Å². The number of rotatable bonds is 11. The second kappa shape index (κ2) is 14.8. The number of nitrogens with zero attached hydrogens (tertiary/aromatic N) is 2. The highest BCUT2D eigenvalue weighted by Crippen LogP contribution is 2.58. The minimum atomic E-state index is -1.90. The lowest BCUT2D eigenvalue weighted by Crippen LogP contribution is -2.48. The average molecular weight is 743 g/mol. The molecule has 3 aromatic rings. The van der Waals surface area contributed by atoms with Crippen LogP contribution in [0.15, 0.2) is 54.6 Å². The van der Waals surface area contributed by atoms with E-state index in [-0.39, 0.29) is 69.6 Å². The molecule has 0 spiro atoms. The van der Waals surface area contributed by atoms with Gasteiger partial charge in [-0.2, -0.15) is 5.26 Å². The summed E-state index contributed by atoms with van der Waals surface area (Å²) in [7, 11) is 1.31. The van der Waals surface area contributed by atoms with Crippen LogP contribution < -0.4 is 10.1 Å². The topological polar surface area (TPSA) is 129 Å². The largest absolute Gasteiger partial charge is 0.495 e. The van der Waals surface area contributed by atoms with Gasteiger partial charge in [0.25, 0.3) is 0 Å². The summed E-state index contributed by atoms with van der Waals surface area (Å²) in [5.74, 6) is -6.01. The first-order chi connectivity index (χ1) is 24.1. The molecule has 1 saturated heterocycles. The van der Waals surface area contributed by atoms with Crippen molar-refractivity contribution >= 4 is 46.7 Å². The number of amides is 1. The number of methoxy groups -OCH3 is 1. The van der Waals surface area contributed by atoms with Gasteiger partial charge >= 0.3 is 11.9 Å². The first-order valence-corrected chi connectivity index (χ1v) is 17.3. The predicted molar refractivity (Wildman–Crippen MR) is 188 cm³/mol. The standard InChI is InChI=1S/C38H39Cl2F2N3O6/c1-6-51-36(49)24-14-21(24)18-45-30(17-37(2,3)4)38(19-43,25-12-11-22(39)16-27(25)41)31(23-8-7-9-26(40)32(23)42)33(45)34(46)44-28-13-10-20(35(47)48)15-29(28)50-5/h7-13,15-16,21,24,30-31,33H,6,14,17-18H2,1-5H3,(H,44,46)(H,47,48). The number of anilines is 1. The maximum atomic E-state index is 16.4. The molecule has 1 saturated carbocycles. The summed E-state index contributed by atoms with van der Waals surface area (Å²) in [6.07, 6.45) is 0.708. The van der Waals surface area contributed by atoms with Gasteiger partial charge in [0.1, 0.15) is 22.8 Å². The number of halogens is 4. The van der Waals surface area contributed by atoms with Crippen LogP contribution in [0.2, 0.25) is 10.0 Å². The summed E-state index contributed by atoms with van der Waals surface area (Å²) >= 11 is 12.5. The highest BCUT2D eigenvalue weighted by atomic mass is 35.5. The van der Waals surface area contributed by atoms with Gasteiger partial charge in [0.15, 0.2) is 0 Å². The van der Waals surface area contributed by atoms with Crippen molar-refractivity contribution in [3.05, 3.63) is 93.0 Å². The van der Waals surface area contributed by atoms with Crippen molar-refractivity contribution in [2.24, 2.45) is 17.3 Å². The molecule has 0 bridgehead atoms. The molecule has 270 valence electrons. The van der Waals surface area contributed by atoms with Crippen molar-refractivity contribution in [1.82, 2.24) is 4.90 Å². The first-order valence-electron chi connectivity index (χ1n) is 16.5. The van der Waals surface area contributed by atoms with E-state index in [1.54, 1.807) is 11.8 Å². The van der Waals surface area contributed by atoms with Crippen molar-refractivity contribution in [3.8, 4) is 11.8 Å². The second-order valence-electron chi connectivity index (χ2n) is 14.2. The molecule has 1 aliphatic carbocycles. The van der Waals surface area contributed by atoms with Crippen molar-refractivity contribution < 1.29 is 37.7 Å². The summed E-state index contributed by atoms with van der Waals surface area (Å²) in [5, 5.41) is 23.6. The molecule has 2 aliphatic rings. The number of carboxylic acid groups (broad SMARTS) is 1. The number of carbonyl (C=O) groups excluding carboxylic acids is 2. The fourth-order valence-corrected chi connectivity index (χ4v) is 7.79. The van der Waals surface area contributed by atoms with Crippen molar-refractivity contribution in [2.75, 3.05) is 25.6 Å². The molecule has 0 radical (unpaired) electrons. The molecular weight excluding hydrogens is 703 g/mol. The van der Waals surface area contributed by atoms with Crippen LogP contribution in [-0.2, 0) is 19.7 Å². The zero-order valence-corrected chi connectivity index (χ0v) is 30.3. The predicted octanol–water partition coefficient (Wildman–Crippen LogP) is 7.85. The van der Waals surface area contributed by atoms with Gasteiger partial charge in [-0.1, -0.05) is 62.2 Å². The van der Waals surface area contributed by atoms with Crippen LogP contribution in [0.1, 0.15) is 67.9 Å². The van der Waals surface area contributed by atoms with Crippen LogP contribution in [0.25, 0.3) is 0 Å². The third kappa shape index (κ3) is 7.41. The number of benzene rings is 3. The van der Waals surface area contributed by atoms with Gasteiger partial charge in [0, 0.05) is 29.1 Å². The number of aromatic carboxylic acids is 1. The number of esters is 1. The van der Waals surface area contributed by atoms with Crippen LogP contribution >= 0.6 is 23.2 Å². The number of carboxylic acids is 1. The van der Waals surface area contributed by atoms with Crippen molar-refractivity contribution in [2.45, 2.75) is 64.0 Å². The van der Waals surface area contributed by atoms with Gasteiger partial charge in [-0.05, 0) is 73.1 Å². The number of nitriles is 1. The molecule has 1 heterocycles. The van der Waals surface area contributed by atoms with E-state index in [9.17, 15) is 24.8 Å². The Morgan fingerprint density at radius 3 is 2.45 bits per heavy atom. The van der Waals surface area contributed by atoms with E-state index < -0.39 is 58.3 Å². The summed E-state index contributed by atoms with van der Waals surface area (Å²) in [4.78, 5) is 41.2. The number of hydrogen-bond acceptors (Lipinski definition) is 7. The highest BCUT2D eigenvalue weighted by Gasteiger charge is 2.66. The normalized spacial score (nSPS) is 24.4. The van der Waals surface area contributed by atoms with E-state index in [2.05, 4.69) is 11.4 Å². The average Bonchev–Trinajstić information content (AvgIpc) is 3.79. The van der Waals surface area contributed by atoms with E-state index in [4.69, 9.17) is 32.7 Å². The summed E-state index contributed by atoms with van der Waals surface area (Å²) in [6, 6.07) is 12.3. The maximum Gasteiger partial charge on any atom is 0.335 e. The Bertz CT molecular complexity index is 1900. The van der Waals surface area contributed by atoms with E-state index in [1.165, 1.54) is 55.6 Å². The second-order valence-corrected chi connectivity index (χ2v) is 15.1. The molecule has 2 N–H and O–H groups in total. The molecule has 1 amide bonds. The summed E-state index contributed by atoms with van der Waals surface area (Å²) in [6.45, 7) is 7.85. The van der Waals surface area contributed by atoms with Gasteiger partial charge in [-0.25, -0.2) is 13.6 Å². The smallest absolute Gasteiger partial charge is 0.335 e. The molecule has 0 aromatic heterocycles. The highest BCUT2D eigenvalue weighted by molar-refractivity contribution is 6.31. The van der Waals surface area contributed by atoms with E-state index in [0.717, 1.165) is 6.07 Å². The Morgan fingerprint density at radius 2 is 1.84 bits per heavy atom. The molecule has 13 heteroatoms. The lowest BCUT2D eigenvalue weighted by Gasteiger charge is -2.39. The fraction of sp³-hybridized carbons (Fsp3) is 0.421. The molecule has 1 aliphatic heterocycles. The molecule has 6 unspecified atom stereocenters. The third-order valence-electron chi connectivity index (χ3n) is 9.71. The number of hydrogen-bond donors (Lipinski definition) is 2. The molecular formula is C38H39Cl2F2N3O6. The van der Waals surface area contributed by atoms with Crippen LogP contribution in [0.4, 0.5) is 14.5 Å². The Morgan fingerprint density at radius 1 is 1.12 bits per heavy atom. The zero-order valence-electron chi connectivity index (χ0n) is 28.8. The molecule has 3 aromatic carbocycles. The zero-order chi connectivity index (χ0) is 37.4. The molecule has 5 rings (SSSR count). The van der Waals surface area contributed by atoms with Gasteiger partial charge in [-0.3, -0.25) is 14.5 Å². The van der Waals surface area contributed by atoms with E-state index in [0.29, 0.717) is 6.42 Å². The Hall–Kier alpha value is -4.24. The number of ether oxygens (including phenoxy) is 2. The van der Waals surface area contributed by atoms with Crippen LogP contribution in [-0.4, -0.2) is 60.2 Å². The number of likely N-dealkylation sites (tertiary alicyclic amines) is 1. The van der Waals surface area contributed by atoms with E-state index >= 15 is 8.78 Å². The van der Waals surface area contributed by atoms with Gasteiger partial charge in [0.2, 0.25) is 5.91 Å². The van der Waals surface area contributed by atoms with Gasteiger partial charge < -0.3 is 19.9 Å². The lowest BCUT2D eigenvalue weighted by molar-refractivity contribution is -0.145. The molecule has 6 atom stereocenters. The SMILES string of the molecule is CCOC(=O)C1CC1CN1C(C(=O)Nc2ccc(C(=O)O)cc2OC)C(c2cccc(Cl)c2F)C(C#N)(c2ccc(Cl)cc2F)C1CC(C)(C)C. The van der Waals surface area contributed by atoms with Crippen LogP contribution in [0, 0.1) is 40.2 Å². The molecule has 9 nitrogen and oxygen atoms in total. The third-order valence-corrected chi connectivity index (χ3v) is 10.2. The molecule has 2 fully saturated rings. The minimum Gasteiger partial charge on any atom is -0.495 e. The molecule has 51 heavy (non-hydrogen) atoms. The number of carbonyl (C=O) groups is 3. The maximum absolute atomic E-state index is 16.4. The van der Waals surface area contributed by atoms with Crippen molar-refractivity contribution in [3.63, 3.8) is 0 Å². The summed E-state index contributed by atoms with van der Waals surface area (Å²) < 4.78 is 43.4. The Balaban J connectivity index is 1.79. The van der Waals surface area contributed by atoms with Gasteiger partial charge in [0.05, 0.1) is 48.0 Å². The van der Waals surface area contributed by atoms with Crippen molar-refractivity contribution in [1.29, 1.82) is 5.26 Å². The van der Waals surface area contributed by atoms with Gasteiger partial charge in [-0.15, -0.1) is 0 Å². The first kappa shape index (κ1) is 38.0. The lowest BCUT2D eigenvalue weighted by atomic mass is 9.62. The van der Waals surface area contributed by atoms with Crippen LogP contribution in [0.5, 0.6) is 5.75 Å². The Kier molecular flexibility index (Phi) is 11.0. The number of nitrogens with one attached hydrogen (secondary N) is 1. The quantitative estimate of drug-likeness (QED) is 0.190. The van der Waals surface area contributed by atoms with E-state index in [1.807, 2.05) is 20.8 Å². The monoisotopic (exact) mass is 741 g/mol. The minimum absolute atomic E-state index is 0.0457. The Labute approximate surface area is 305 Å². The fourth-order valence-electron chi connectivity index (χ4n) is 7.45.